The highest BCUT2D eigenvalue weighted by Gasteiger charge is 2.20. The molecule has 2 rings (SSSR count). The van der Waals surface area contributed by atoms with Gasteiger partial charge in [0.05, 0.1) is 10.5 Å². The van der Waals surface area contributed by atoms with Crippen molar-refractivity contribution in [1.29, 1.82) is 0 Å². The van der Waals surface area contributed by atoms with E-state index in [1.54, 1.807) is 0 Å². The average molecular weight is 384 g/mol. The molecule has 1 atom stereocenters. The van der Waals surface area contributed by atoms with E-state index >= 15 is 0 Å². The average Bonchev–Trinajstić information content (AvgIpc) is 2.54. The monoisotopic (exact) mass is 383 g/mol. The van der Waals surface area contributed by atoms with Crippen molar-refractivity contribution in [3.63, 3.8) is 0 Å². The van der Waals surface area contributed by atoms with Gasteiger partial charge in [0.1, 0.15) is 5.15 Å². The number of hydrogen-bond donors (Lipinski definition) is 2. The van der Waals surface area contributed by atoms with Crippen molar-refractivity contribution in [2.24, 2.45) is 5.14 Å². The fourth-order valence-corrected chi connectivity index (χ4v) is 2.54. The van der Waals surface area contributed by atoms with Gasteiger partial charge in [-0.1, -0.05) is 17.7 Å². The van der Waals surface area contributed by atoms with E-state index in [9.17, 15) is 18.0 Å². The number of benzene rings is 1. The van der Waals surface area contributed by atoms with Gasteiger partial charge in [0.2, 0.25) is 10.0 Å². The molecule has 3 N–H and O–H groups in total. The van der Waals surface area contributed by atoms with Crippen LogP contribution in [-0.2, 0) is 19.6 Å². The standard InChI is InChI=1S/C15H14ClN3O5S/c1-9(24-15(21)10-5-6-18-13(16)7-10)14(20)19-11-3-2-4-12(8-11)25(17,22)23/h2-9H,1H3,(H,19,20)(H2,17,22,23). The molecule has 132 valence electrons. The molecule has 25 heavy (non-hydrogen) atoms. The van der Waals surface area contributed by atoms with Crippen LogP contribution >= 0.6 is 11.6 Å². The van der Waals surface area contributed by atoms with Crippen molar-refractivity contribution in [1.82, 2.24) is 4.98 Å². The lowest BCUT2D eigenvalue weighted by atomic mass is 10.2. The van der Waals surface area contributed by atoms with Crippen LogP contribution in [0.25, 0.3) is 0 Å². The number of carbonyl (C=O) groups is 2. The number of sulfonamides is 1. The van der Waals surface area contributed by atoms with Crippen LogP contribution in [0, 0.1) is 0 Å². The predicted octanol–water partition coefficient (Wildman–Crippen LogP) is 1.57. The highest BCUT2D eigenvalue weighted by molar-refractivity contribution is 7.89. The Kier molecular flexibility index (Phi) is 5.73. The number of rotatable bonds is 5. The number of nitrogens with two attached hydrogens (primary N) is 1. The number of anilines is 1. The summed E-state index contributed by atoms with van der Waals surface area (Å²) in [6, 6.07) is 8.10. The van der Waals surface area contributed by atoms with Crippen molar-refractivity contribution >= 4 is 39.2 Å². The summed E-state index contributed by atoms with van der Waals surface area (Å²) in [6.07, 6.45) is 0.208. The Morgan fingerprint density at radius 3 is 2.64 bits per heavy atom. The maximum Gasteiger partial charge on any atom is 0.339 e. The summed E-state index contributed by atoms with van der Waals surface area (Å²) in [5.41, 5.74) is 0.349. The summed E-state index contributed by atoms with van der Waals surface area (Å²) < 4.78 is 27.7. The minimum atomic E-state index is -3.90. The quantitative estimate of drug-likeness (QED) is 0.595. The molecule has 0 saturated heterocycles. The van der Waals surface area contributed by atoms with Crippen LogP contribution in [0.5, 0.6) is 0 Å². The normalized spacial score (nSPS) is 12.3. The molecule has 0 saturated carbocycles. The Morgan fingerprint density at radius 2 is 2.00 bits per heavy atom. The van der Waals surface area contributed by atoms with E-state index in [1.165, 1.54) is 49.5 Å². The first kappa shape index (κ1) is 18.8. The summed E-state index contributed by atoms with van der Waals surface area (Å²) in [5, 5.41) is 7.60. The van der Waals surface area contributed by atoms with E-state index < -0.39 is 28.0 Å². The van der Waals surface area contributed by atoms with Gasteiger partial charge in [-0.15, -0.1) is 0 Å². The molecular weight excluding hydrogens is 370 g/mol. The zero-order valence-corrected chi connectivity index (χ0v) is 14.5. The van der Waals surface area contributed by atoms with Crippen LogP contribution in [0.2, 0.25) is 5.15 Å². The second-order valence-corrected chi connectivity index (χ2v) is 6.93. The van der Waals surface area contributed by atoms with Gasteiger partial charge in [0.15, 0.2) is 6.10 Å². The number of hydrogen-bond acceptors (Lipinski definition) is 6. The zero-order chi connectivity index (χ0) is 18.6. The van der Waals surface area contributed by atoms with Gasteiger partial charge in [0.25, 0.3) is 5.91 Å². The van der Waals surface area contributed by atoms with Crippen LogP contribution in [0.1, 0.15) is 17.3 Å². The molecule has 8 nitrogen and oxygen atoms in total. The molecule has 1 unspecified atom stereocenters. The minimum Gasteiger partial charge on any atom is -0.449 e. The number of halogens is 1. The highest BCUT2D eigenvalue weighted by Crippen LogP contribution is 2.15. The molecule has 0 radical (unpaired) electrons. The fraction of sp³-hybridized carbons (Fsp3) is 0.133. The number of ether oxygens (including phenoxy) is 1. The Bertz CT molecular complexity index is 917. The van der Waals surface area contributed by atoms with E-state index in [2.05, 4.69) is 10.3 Å². The number of primary sulfonamides is 1. The molecule has 1 aromatic carbocycles. The lowest BCUT2D eigenvalue weighted by Gasteiger charge is -2.14. The molecule has 0 aliphatic carbocycles. The van der Waals surface area contributed by atoms with Crippen LogP contribution in [0.4, 0.5) is 5.69 Å². The van der Waals surface area contributed by atoms with Crippen molar-refractivity contribution < 1.29 is 22.7 Å². The van der Waals surface area contributed by atoms with Gasteiger partial charge in [0, 0.05) is 11.9 Å². The number of amides is 1. The molecule has 0 fully saturated rings. The van der Waals surface area contributed by atoms with Crippen LogP contribution in [-0.4, -0.2) is 31.4 Å². The number of esters is 1. The predicted molar refractivity (Wildman–Crippen MR) is 90.6 cm³/mol. The third kappa shape index (κ3) is 5.24. The summed E-state index contributed by atoms with van der Waals surface area (Å²) >= 11 is 5.69. The Morgan fingerprint density at radius 1 is 1.28 bits per heavy atom. The van der Waals surface area contributed by atoms with Gasteiger partial charge in [-0.2, -0.15) is 0 Å². The van der Waals surface area contributed by atoms with Crippen molar-refractivity contribution in [2.75, 3.05) is 5.32 Å². The van der Waals surface area contributed by atoms with E-state index in [0.717, 1.165) is 0 Å². The Balaban J connectivity index is 2.04. The van der Waals surface area contributed by atoms with Crippen LogP contribution in [0.3, 0.4) is 0 Å². The third-order valence-electron chi connectivity index (χ3n) is 3.05. The SMILES string of the molecule is CC(OC(=O)c1ccnc(Cl)c1)C(=O)Nc1cccc(S(N)(=O)=O)c1. The molecule has 1 amide bonds. The first-order valence-corrected chi connectivity index (χ1v) is 8.85. The van der Waals surface area contributed by atoms with E-state index in [0.29, 0.717) is 0 Å². The second-order valence-electron chi connectivity index (χ2n) is 4.98. The first-order valence-electron chi connectivity index (χ1n) is 6.93. The van der Waals surface area contributed by atoms with Crippen molar-refractivity contribution in [2.45, 2.75) is 17.9 Å². The molecule has 0 aliphatic rings. The number of aromatic nitrogens is 1. The summed E-state index contributed by atoms with van der Waals surface area (Å²) in [7, 11) is -3.90. The molecule has 1 aromatic heterocycles. The van der Waals surface area contributed by atoms with Gasteiger partial charge in [-0.3, -0.25) is 4.79 Å². The number of carbonyl (C=O) groups excluding carboxylic acids is 2. The molecular formula is C15H14ClN3O5S. The largest absolute Gasteiger partial charge is 0.449 e. The van der Waals surface area contributed by atoms with Crippen LogP contribution in [0.15, 0.2) is 47.5 Å². The first-order chi connectivity index (χ1) is 11.7. The number of nitrogens with one attached hydrogen (secondary N) is 1. The molecule has 1 heterocycles. The van der Waals surface area contributed by atoms with Gasteiger partial charge in [-0.05, 0) is 37.3 Å². The van der Waals surface area contributed by atoms with Crippen molar-refractivity contribution in [3.8, 4) is 0 Å². The smallest absolute Gasteiger partial charge is 0.339 e. The molecule has 10 heteroatoms. The second kappa shape index (κ2) is 7.60. The van der Waals surface area contributed by atoms with Crippen molar-refractivity contribution in [3.05, 3.63) is 53.3 Å². The van der Waals surface area contributed by atoms with E-state index in [1.807, 2.05) is 0 Å². The fourth-order valence-electron chi connectivity index (χ4n) is 1.81. The molecule has 0 aliphatic heterocycles. The van der Waals surface area contributed by atoms with Gasteiger partial charge in [-0.25, -0.2) is 23.3 Å². The van der Waals surface area contributed by atoms with Crippen LogP contribution < -0.4 is 10.5 Å². The molecule has 0 spiro atoms. The third-order valence-corrected chi connectivity index (χ3v) is 4.16. The Hall–Kier alpha value is -2.49. The van der Waals surface area contributed by atoms with Gasteiger partial charge < -0.3 is 10.1 Å². The number of pyridine rings is 1. The molecule has 0 bridgehead atoms. The topological polar surface area (TPSA) is 128 Å². The Labute approximate surface area is 149 Å². The van der Waals surface area contributed by atoms with E-state index in [4.69, 9.17) is 21.5 Å². The van der Waals surface area contributed by atoms with E-state index in [-0.39, 0.29) is 21.3 Å². The highest BCUT2D eigenvalue weighted by atomic mass is 35.5. The summed E-state index contributed by atoms with van der Waals surface area (Å²) in [6.45, 7) is 1.37. The minimum absolute atomic E-state index is 0.117. The maximum atomic E-state index is 12.1. The maximum absolute atomic E-state index is 12.1. The number of nitrogens with zero attached hydrogens (tertiary/aromatic N) is 1. The summed E-state index contributed by atoms with van der Waals surface area (Å²) in [5.74, 6) is -1.38. The van der Waals surface area contributed by atoms with Gasteiger partial charge >= 0.3 is 5.97 Å². The lowest BCUT2D eigenvalue weighted by Crippen LogP contribution is -2.30. The zero-order valence-electron chi connectivity index (χ0n) is 13.0. The molecule has 2 aromatic rings. The summed E-state index contributed by atoms with van der Waals surface area (Å²) in [4.78, 5) is 27.7. The lowest BCUT2D eigenvalue weighted by molar-refractivity contribution is -0.123.